The van der Waals surface area contributed by atoms with Crippen LogP contribution < -0.4 is 9.64 Å². The minimum atomic E-state index is -0.506. The topological polar surface area (TPSA) is 90.5 Å². The number of hydrogen-bond acceptors (Lipinski definition) is 5. The van der Waals surface area contributed by atoms with Crippen LogP contribution in [0.15, 0.2) is 30.6 Å². The highest BCUT2D eigenvalue weighted by Gasteiger charge is 2.27. The van der Waals surface area contributed by atoms with Crippen LogP contribution in [-0.2, 0) is 11.3 Å². The first-order valence-electron chi connectivity index (χ1n) is 7.68. The zero-order chi connectivity index (χ0) is 17.3. The summed E-state index contributed by atoms with van der Waals surface area (Å²) in [6.07, 6.45) is 2.63. The van der Waals surface area contributed by atoms with E-state index in [-0.39, 0.29) is 24.1 Å². The number of hydrogen-bond donors (Lipinski definition) is 0. The first-order valence-corrected chi connectivity index (χ1v) is 7.68. The summed E-state index contributed by atoms with van der Waals surface area (Å²) in [7, 11) is 0. The highest BCUT2D eigenvalue weighted by atomic mass is 16.6. The number of fused-ring (bicyclic) bond motifs is 1. The van der Waals surface area contributed by atoms with E-state index in [4.69, 9.17) is 4.74 Å². The second-order valence-electron chi connectivity index (χ2n) is 5.87. The fraction of sp³-hybridized carbons (Fsp3) is 0.375. The van der Waals surface area contributed by atoms with E-state index in [1.54, 1.807) is 4.90 Å². The second kappa shape index (κ2) is 6.31. The largest absolute Gasteiger partial charge is 0.487 e. The van der Waals surface area contributed by atoms with Crippen LogP contribution >= 0.6 is 0 Å². The quantitative estimate of drug-likeness (QED) is 0.634. The maximum absolute atomic E-state index is 12.6. The van der Waals surface area contributed by atoms with Crippen molar-refractivity contribution >= 4 is 17.3 Å². The smallest absolute Gasteiger partial charge is 0.306 e. The Bertz CT molecular complexity index is 786. The van der Waals surface area contributed by atoms with Gasteiger partial charge in [0.2, 0.25) is 5.91 Å². The molecule has 0 spiro atoms. The van der Waals surface area contributed by atoms with Crippen molar-refractivity contribution in [1.29, 1.82) is 0 Å². The maximum Gasteiger partial charge on any atom is 0.306 e. The number of nitro groups is 1. The molecule has 1 atom stereocenters. The first kappa shape index (κ1) is 16.0. The number of aryl methyl sites for hydroxylation is 2. The summed E-state index contributed by atoms with van der Waals surface area (Å²) in [5.74, 6) is 0.637. The molecule has 3 rings (SSSR count). The standard InChI is InChI=1S/C16H18N4O4/c1-11-3-4-15-14(7-11)19(9-12(2)24-15)16(21)5-6-18-10-13(8-17-18)20(22)23/h3-4,7-8,10,12H,5-6,9H2,1-2H3/t12-/m1/s1. The molecule has 0 N–H and O–H groups in total. The van der Waals surface area contributed by atoms with Gasteiger partial charge in [0, 0.05) is 13.0 Å². The van der Waals surface area contributed by atoms with E-state index in [2.05, 4.69) is 5.10 Å². The molecule has 0 saturated heterocycles. The minimum Gasteiger partial charge on any atom is -0.487 e. The lowest BCUT2D eigenvalue weighted by Crippen LogP contribution is -2.42. The lowest BCUT2D eigenvalue weighted by molar-refractivity contribution is -0.385. The third-order valence-electron chi connectivity index (χ3n) is 3.86. The van der Waals surface area contributed by atoms with Gasteiger partial charge in [-0.25, -0.2) is 0 Å². The fourth-order valence-corrected chi connectivity index (χ4v) is 2.70. The van der Waals surface area contributed by atoms with Crippen LogP contribution in [0.25, 0.3) is 0 Å². The molecule has 2 aromatic rings. The van der Waals surface area contributed by atoms with Gasteiger partial charge in [-0.15, -0.1) is 0 Å². The zero-order valence-electron chi connectivity index (χ0n) is 13.5. The van der Waals surface area contributed by atoms with Crippen molar-refractivity contribution in [2.45, 2.75) is 32.9 Å². The van der Waals surface area contributed by atoms with Crippen molar-refractivity contribution in [2.75, 3.05) is 11.4 Å². The molecule has 0 radical (unpaired) electrons. The molecule has 1 aromatic heterocycles. The van der Waals surface area contributed by atoms with E-state index in [0.717, 1.165) is 11.3 Å². The fourth-order valence-electron chi connectivity index (χ4n) is 2.70. The Morgan fingerprint density at radius 2 is 2.29 bits per heavy atom. The van der Waals surface area contributed by atoms with Crippen molar-refractivity contribution in [1.82, 2.24) is 9.78 Å². The summed E-state index contributed by atoms with van der Waals surface area (Å²) in [5.41, 5.74) is 1.74. The Balaban J connectivity index is 1.73. The molecule has 1 amide bonds. The van der Waals surface area contributed by atoms with E-state index < -0.39 is 4.92 Å². The molecular formula is C16H18N4O4. The minimum absolute atomic E-state index is 0.0600. The van der Waals surface area contributed by atoms with Crippen LogP contribution in [0.2, 0.25) is 0 Å². The third-order valence-corrected chi connectivity index (χ3v) is 3.86. The van der Waals surface area contributed by atoms with Crippen molar-refractivity contribution in [3.05, 3.63) is 46.3 Å². The Labute approximate surface area is 138 Å². The Hall–Kier alpha value is -2.90. The highest BCUT2D eigenvalue weighted by Crippen LogP contribution is 2.34. The SMILES string of the molecule is Cc1ccc2c(c1)N(C(=O)CCn1cc([N+](=O)[O-])cn1)C[C@@H](C)O2. The van der Waals surface area contributed by atoms with E-state index >= 15 is 0 Å². The lowest BCUT2D eigenvalue weighted by atomic mass is 10.1. The highest BCUT2D eigenvalue weighted by molar-refractivity contribution is 5.95. The number of carbonyl (C=O) groups is 1. The van der Waals surface area contributed by atoms with Crippen molar-refractivity contribution in [2.24, 2.45) is 0 Å². The molecule has 1 aliphatic rings. The number of anilines is 1. The monoisotopic (exact) mass is 330 g/mol. The van der Waals surface area contributed by atoms with Gasteiger partial charge in [0.1, 0.15) is 24.2 Å². The molecule has 24 heavy (non-hydrogen) atoms. The molecule has 0 saturated carbocycles. The summed E-state index contributed by atoms with van der Waals surface area (Å²) in [6, 6.07) is 5.75. The molecule has 1 aliphatic heterocycles. The number of amides is 1. The number of rotatable bonds is 4. The number of benzene rings is 1. The van der Waals surface area contributed by atoms with E-state index in [1.807, 2.05) is 32.0 Å². The molecular weight excluding hydrogens is 312 g/mol. The Morgan fingerprint density at radius 3 is 3.00 bits per heavy atom. The summed E-state index contributed by atoms with van der Waals surface area (Å²) in [6.45, 7) is 4.65. The number of carbonyl (C=O) groups excluding carboxylic acids is 1. The van der Waals surface area contributed by atoms with Crippen molar-refractivity contribution in [3.8, 4) is 5.75 Å². The van der Waals surface area contributed by atoms with Crippen molar-refractivity contribution < 1.29 is 14.5 Å². The van der Waals surface area contributed by atoms with Gasteiger partial charge in [-0.3, -0.25) is 19.6 Å². The number of nitrogens with zero attached hydrogens (tertiary/aromatic N) is 4. The first-order chi connectivity index (χ1) is 11.4. The van der Waals surface area contributed by atoms with Crippen molar-refractivity contribution in [3.63, 3.8) is 0 Å². The predicted octanol–water partition coefficient (Wildman–Crippen LogP) is 2.30. The van der Waals surface area contributed by atoms with Gasteiger partial charge in [-0.2, -0.15) is 5.10 Å². The molecule has 8 nitrogen and oxygen atoms in total. The molecule has 0 fully saturated rings. The van der Waals surface area contributed by atoms with Gasteiger partial charge in [0.25, 0.3) is 0 Å². The molecule has 0 bridgehead atoms. The lowest BCUT2D eigenvalue weighted by Gasteiger charge is -2.33. The van der Waals surface area contributed by atoms with Gasteiger partial charge in [-0.05, 0) is 31.5 Å². The third kappa shape index (κ3) is 3.22. The molecule has 0 unspecified atom stereocenters. The van der Waals surface area contributed by atoms with E-state index in [1.165, 1.54) is 17.1 Å². The van der Waals surface area contributed by atoms with Gasteiger partial charge in [0.05, 0.1) is 17.2 Å². The average Bonchev–Trinajstić information content (AvgIpc) is 3.01. The van der Waals surface area contributed by atoms with Gasteiger partial charge < -0.3 is 9.64 Å². The molecule has 1 aromatic carbocycles. The summed E-state index contributed by atoms with van der Waals surface area (Å²) >= 11 is 0. The van der Waals surface area contributed by atoms with Crippen LogP contribution in [0.3, 0.4) is 0 Å². The van der Waals surface area contributed by atoms with Gasteiger partial charge >= 0.3 is 5.69 Å². The zero-order valence-corrected chi connectivity index (χ0v) is 13.5. The molecule has 2 heterocycles. The van der Waals surface area contributed by atoms with Gasteiger partial charge in [-0.1, -0.05) is 6.07 Å². The molecule has 0 aliphatic carbocycles. The van der Waals surface area contributed by atoms with Crippen LogP contribution in [0, 0.1) is 17.0 Å². The number of aromatic nitrogens is 2. The summed E-state index contributed by atoms with van der Waals surface area (Å²) in [5, 5.41) is 14.6. The Morgan fingerprint density at radius 1 is 1.50 bits per heavy atom. The van der Waals surface area contributed by atoms with Gasteiger partial charge in [0.15, 0.2) is 0 Å². The average molecular weight is 330 g/mol. The van der Waals surface area contributed by atoms with E-state index in [9.17, 15) is 14.9 Å². The van der Waals surface area contributed by atoms with Crippen LogP contribution in [-0.4, -0.2) is 33.3 Å². The van der Waals surface area contributed by atoms with Crippen LogP contribution in [0.4, 0.5) is 11.4 Å². The summed E-state index contributed by atoms with van der Waals surface area (Å²) < 4.78 is 7.19. The van der Waals surface area contributed by atoms with Crippen LogP contribution in [0.5, 0.6) is 5.75 Å². The second-order valence-corrected chi connectivity index (χ2v) is 5.87. The molecule has 126 valence electrons. The Kier molecular flexibility index (Phi) is 4.20. The molecule has 8 heteroatoms. The van der Waals surface area contributed by atoms with Crippen LogP contribution in [0.1, 0.15) is 18.9 Å². The predicted molar refractivity (Wildman–Crippen MR) is 87.1 cm³/mol. The number of ether oxygens (including phenoxy) is 1. The summed E-state index contributed by atoms with van der Waals surface area (Å²) in [4.78, 5) is 24.5. The van der Waals surface area contributed by atoms with E-state index in [0.29, 0.717) is 18.8 Å². The normalized spacial score (nSPS) is 16.4. The maximum atomic E-state index is 12.6.